The smallest absolute Gasteiger partial charge is 0.418 e. The third kappa shape index (κ3) is 3.13. The van der Waals surface area contributed by atoms with Crippen LogP contribution in [0, 0.1) is 0 Å². The third-order valence-corrected chi connectivity index (χ3v) is 2.50. The van der Waals surface area contributed by atoms with E-state index in [1.807, 2.05) is 0 Å². The highest BCUT2D eigenvalue weighted by atomic mass is 16.6. The number of nitrogens with zero attached hydrogens (tertiary/aromatic N) is 1. The van der Waals surface area contributed by atoms with Crippen LogP contribution < -0.4 is 0 Å². The number of hydrogen-bond acceptors (Lipinski definition) is 5. The molecule has 0 fully saturated rings. The van der Waals surface area contributed by atoms with E-state index >= 15 is 0 Å². The lowest BCUT2D eigenvalue weighted by Crippen LogP contribution is -2.54. The van der Waals surface area contributed by atoms with Gasteiger partial charge in [-0.05, 0) is 40.7 Å². The first-order valence-electron chi connectivity index (χ1n) is 6.05. The fourth-order valence-corrected chi connectivity index (χ4v) is 1.64. The van der Waals surface area contributed by atoms with Crippen LogP contribution in [0.25, 0.3) is 0 Å². The maximum absolute atomic E-state index is 12.0. The molecule has 0 radical (unpaired) electrons. The quantitative estimate of drug-likeness (QED) is 0.712. The molecule has 1 aliphatic rings. The van der Waals surface area contributed by atoms with Gasteiger partial charge in [-0.3, -0.25) is 4.79 Å². The molecule has 1 unspecified atom stereocenters. The largest absolute Gasteiger partial charge is 0.464 e. The molecule has 0 aliphatic carbocycles. The predicted molar refractivity (Wildman–Crippen MR) is 67.3 cm³/mol. The SMILES string of the molecule is CCOC(=O)C1(C)C=CC(=O)N1C(=O)OC(C)(C)C. The van der Waals surface area contributed by atoms with Crippen LogP contribution in [-0.2, 0) is 19.1 Å². The molecule has 19 heavy (non-hydrogen) atoms. The van der Waals surface area contributed by atoms with E-state index in [1.165, 1.54) is 19.1 Å². The highest BCUT2D eigenvalue weighted by Crippen LogP contribution is 2.27. The molecule has 1 heterocycles. The van der Waals surface area contributed by atoms with Crippen molar-refractivity contribution in [1.82, 2.24) is 4.90 Å². The molecular formula is C13H19NO5. The molecule has 0 N–H and O–H groups in total. The monoisotopic (exact) mass is 269 g/mol. The summed E-state index contributed by atoms with van der Waals surface area (Å²) < 4.78 is 10.0. The summed E-state index contributed by atoms with van der Waals surface area (Å²) in [6.07, 6.45) is 1.65. The van der Waals surface area contributed by atoms with E-state index in [0.29, 0.717) is 0 Å². The Morgan fingerprint density at radius 3 is 2.42 bits per heavy atom. The van der Waals surface area contributed by atoms with Crippen LogP contribution in [0.4, 0.5) is 4.79 Å². The van der Waals surface area contributed by atoms with E-state index in [2.05, 4.69) is 0 Å². The van der Waals surface area contributed by atoms with Gasteiger partial charge in [0, 0.05) is 6.08 Å². The van der Waals surface area contributed by atoms with E-state index < -0.39 is 29.1 Å². The molecule has 0 spiro atoms. The molecule has 6 nitrogen and oxygen atoms in total. The molecule has 0 aromatic heterocycles. The predicted octanol–water partition coefficient (Wildman–Crippen LogP) is 1.64. The molecule has 0 aromatic carbocycles. The maximum Gasteiger partial charge on any atom is 0.418 e. The first kappa shape index (κ1) is 15.2. The van der Waals surface area contributed by atoms with Crippen molar-refractivity contribution >= 4 is 18.0 Å². The summed E-state index contributed by atoms with van der Waals surface area (Å²) in [5.41, 5.74) is -2.20. The first-order chi connectivity index (χ1) is 8.62. The Bertz CT molecular complexity index is 435. The Morgan fingerprint density at radius 1 is 1.37 bits per heavy atom. The molecule has 1 rings (SSSR count). The van der Waals surface area contributed by atoms with Crippen molar-refractivity contribution < 1.29 is 23.9 Å². The van der Waals surface area contributed by atoms with Gasteiger partial charge in [0.05, 0.1) is 6.61 Å². The Kier molecular flexibility index (Phi) is 4.03. The van der Waals surface area contributed by atoms with Gasteiger partial charge in [-0.1, -0.05) is 0 Å². The van der Waals surface area contributed by atoms with E-state index in [0.717, 1.165) is 4.90 Å². The van der Waals surface area contributed by atoms with Crippen molar-refractivity contribution in [2.45, 2.75) is 45.8 Å². The second kappa shape index (κ2) is 5.03. The number of imide groups is 1. The molecule has 1 atom stereocenters. The van der Waals surface area contributed by atoms with Crippen molar-refractivity contribution in [3.05, 3.63) is 12.2 Å². The lowest BCUT2D eigenvalue weighted by Gasteiger charge is -2.32. The Labute approximate surface area is 112 Å². The molecule has 0 saturated carbocycles. The number of ether oxygens (including phenoxy) is 2. The van der Waals surface area contributed by atoms with E-state index in [9.17, 15) is 14.4 Å². The highest BCUT2D eigenvalue weighted by Gasteiger charge is 2.49. The zero-order valence-electron chi connectivity index (χ0n) is 11.9. The zero-order chi connectivity index (χ0) is 14.8. The van der Waals surface area contributed by atoms with E-state index in [4.69, 9.17) is 9.47 Å². The number of esters is 1. The number of carbonyl (C=O) groups is 3. The van der Waals surface area contributed by atoms with Gasteiger partial charge in [0.1, 0.15) is 5.60 Å². The molecule has 106 valence electrons. The van der Waals surface area contributed by atoms with Crippen LogP contribution in [0.5, 0.6) is 0 Å². The summed E-state index contributed by atoms with van der Waals surface area (Å²) in [7, 11) is 0. The summed E-state index contributed by atoms with van der Waals surface area (Å²) in [6.45, 7) is 8.30. The van der Waals surface area contributed by atoms with Crippen LogP contribution in [0.15, 0.2) is 12.2 Å². The van der Waals surface area contributed by atoms with Crippen molar-refractivity contribution in [2.24, 2.45) is 0 Å². The fraction of sp³-hybridized carbons (Fsp3) is 0.615. The van der Waals surface area contributed by atoms with E-state index in [1.54, 1.807) is 27.7 Å². The molecule has 0 aromatic rings. The van der Waals surface area contributed by atoms with Gasteiger partial charge < -0.3 is 9.47 Å². The Morgan fingerprint density at radius 2 is 1.95 bits per heavy atom. The molecular weight excluding hydrogens is 250 g/mol. The van der Waals surface area contributed by atoms with Crippen LogP contribution in [-0.4, -0.2) is 40.6 Å². The van der Waals surface area contributed by atoms with Gasteiger partial charge in [-0.2, -0.15) is 0 Å². The number of carbonyl (C=O) groups excluding carboxylic acids is 3. The topological polar surface area (TPSA) is 72.9 Å². The summed E-state index contributed by atoms with van der Waals surface area (Å²) in [4.78, 5) is 36.5. The molecule has 0 bridgehead atoms. The second-order valence-corrected chi connectivity index (χ2v) is 5.36. The van der Waals surface area contributed by atoms with Gasteiger partial charge in [0.25, 0.3) is 5.91 Å². The zero-order valence-corrected chi connectivity index (χ0v) is 11.9. The first-order valence-corrected chi connectivity index (χ1v) is 6.05. The average molecular weight is 269 g/mol. The highest BCUT2D eigenvalue weighted by molar-refractivity contribution is 6.08. The Hall–Kier alpha value is -1.85. The summed E-state index contributed by atoms with van der Waals surface area (Å²) in [6, 6.07) is 0. The lowest BCUT2D eigenvalue weighted by molar-refractivity contribution is -0.155. The van der Waals surface area contributed by atoms with Crippen LogP contribution in [0.2, 0.25) is 0 Å². The molecule has 1 aliphatic heterocycles. The average Bonchev–Trinajstić information content (AvgIpc) is 2.54. The van der Waals surface area contributed by atoms with E-state index in [-0.39, 0.29) is 6.61 Å². The maximum atomic E-state index is 12.0. The minimum Gasteiger partial charge on any atom is -0.464 e. The second-order valence-electron chi connectivity index (χ2n) is 5.36. The molecule has 2 amide bonds. The third-order valence-electron chi connectivity index (χ3n) is 2.50. The number of hydrogen-bond donors (Lipinski definition) is 0. The minimum absolute atomic E-state index is 0.165. The van der Waals surface area contributed by atoms with Gasteiger partial charge in [0.2, 0.25) is 0 Å². The van der Waals surface area contributed by atoms with Crippen LogP contribution in [0.3, 0.4) is 0 Å². The van der Waals surface area contributed by atoms with Gasteiger partial charge in [-0.15, -0.1) is 0 Å². The molecule has 6 heteroatoms. The Balaban J connectivity index is 3.00. The van der Waals surface area contributed by atoms with Crippen molar-refractivity contribution in [2.75, 3.05) is 6.61 Å². The lowest BCUT2D eigenvalue weighted by atomic mass is 10.0. The van der Waals surface area contributed by atoms with Crippen LogP contribution >= 0.6 is 0 Å². The van der Waals surface area contributed by atoms with Gasteiger partial charge in [-0.25, -0.2) is 14.5 Å². The van der Waals surface area contributed by atoms with Crippen LogP contribution in [0.1, 0.15) is 34.6 Å². The number of rotatable bonds is 2. The van der Waals surface area contributed by atoms with Crippen molar-refractivity contribution in [3.8, 4) is 0 Å². The van der Waals surface area contributed by atoms with Gasteiger partial charge >= 0.3 is 12.1 Å². The summed E-state index contributed by atoms with van der Waals surface area (Å²) in [5, 5.41) is 0. The normalized spacial score (nSPS) is 22.6. The summed E-state index contributed by atoms with van der Waals surface area (Å²) in [5.74, 6) is -1.26. The molecule has 0 saturated heterocycles. The summed E-state index contributed by atoms with van der Waals surface area (Å²) >= 11 is 0. The van der Waals surface area contributed by atoms with Crippen molar-refractivity contribution in [3.63, 3.8) is 0 Å². The minimum atomic E-state index is -1.45. The standard InChI is InChI=1S/C13H19NO5/c1-6-18-10(16)13(5)8-7-9(15)14(13)11(17)19-12(2,3)4/h7-8H,6H2,1-5H3. The fourth-order valence-electron chi connectivity index (χ4n) is 1.64. The van der Waals surface area contributed by atoms with Gasteiger partial charge in [0.15, 0.2) is 5.54 Å². The van der Waals surface area contributed by atoms with Crippen molar-refractivity contribution in [1.29, 1.82) is 0 Å². The number of amides is 2.